The molecule has 172 valence electrons. The van der Waals surface area contributed by atoms with E-state index in [-0.39, 0.29) is 12.5 Å². The maximum Gasteiger partial charge on any atom is 0.323 e. The van der Waals surface area contributed by atoms with Crippen molar-refractivity contribution < 1.29 is 24.2 Å². The van der Waals surface area contributed by atoms with E-state index >= 15 is 0 Å². The number of aliphatic carboxylic acids is 1. The quantitative estimate of drug-likeness (QED) is 0.520. The van der Waals surface area contributed by atoms with E-state index in [0.717, 1.165) is 5.56 Å². The Hall–Kier alpha value is -3.59. The summed E-state index contributed by atoms with van der Waals surface area (Å²) in [5.74, 6) is -0.627. The highest BCUT2D eigenvalue weighted by Crippen LogP contribution is 2.30. The molecule has 9 heteroatoms. The predicted molar refractivity (Wildman–Crippen MR) is 125 cm³/mol. The topological polar surface area (TPSA) is 111 Å². The predicted octanol–water partition coefficient (Wildman–Crippen LogP) is 3.41. The van der Waals surface area contributed by atoms with E-state index in [0.29, 0.717) is 42.3 Å². The highest BCUT2D eigenvalue weighted by Gasteiger charge is 2.16. The number of benzene rings is 2. The number of nitrogens with one attached hydrogen (secondary N) is 2. The molecule has 0 saturated carbocycles. The summed E-state index contributed by atoms with van der Waals surface area (Å²) in [6.07, 6.45) is 0.602. The van der Waals surface area contributed by atoms with E-state index in [4.69, 9.17) is 9.84 Å². The molecule has 2 rings (SSSR count). The first kappa shape index (κ1) is 24.7. The maximum absolute atomic E-state index is 12.4. The van der Waals surface area contributed by atoms with Crippen molar-refractivity contribution in [2.45, 2.75) is 20.3 Å². The van der Waals surface area contributed by atoms with E-state index in [9.17, 15) is 14.4 Å². The summed E-state index contributed by atoms with van der Waals surface area (Å²) in [5.41, 5.74) is 2.74. The summed E-state index contributed by atoms with van der Waals surface area (Å²) in [7, 11) is 3.21. The molecule has 0 aromatic heterocycles. The molecule has 3 N–H and O–H groups in total. The zero-order valence-electron chi connectivity index (χ0n) is 18.8. The van der Waals surface area contributed by atoms with E-state index < -0.39 is 12.0 Å². The van der Waals surface area contributed by atoms with Crippen molar-refractivity contribution in [2.75, 3.05) is 49.3 Å². The number of ether oxygens (including phenoxy) is 1. The number of aryl methyl sites for hydroxylation is 1. The largest absolute Gasteiger partial charge is 0.494 e. The number of hydrogen-bond acceptors (Lipinski definition) is 5. The number of carbonyl (C=O) groups excluding carboxylic acids is 2. The number of urea groups is 1. The molecular weight excluding hydrogens is 412 g/mol. The Morgan fingerprint density at radius 3 is 2.34 bits per heavy atom. The average Bonchev–Trinajstić information content (AvgIpc) is 2.72. The van der Waals surface area contributed by atoms with Crippen LogP contribution in [0.4, 0.5) is 21.9 Å². The van der Waals surface area contributed by atoms with Crippen LogP contribution in [0, 0.1) is 6.92 Å². The van der Waals surface area contributed by atoms with Gasteiger partial charge in [-0.3, -0.25) is 14.5 Å². The fourth-order valence-corrected chi connectivity index (χ4v) is 3.22. The molecule has 0 aliphatic heterocycles. The second-order valence-corrected chi connectivity index (χ2v) is 7.43. The van der Waals surface area contributed by atoms with Gasteiger partial charge in [0.05, 0.1) is 19.3 Å². The molecule has 0 aliphatic rings. The number of nitrogens with zero attached hydrogens (tertiary/aromatic N) is 2. The first-order chi connectivity index (χ1) is 15.2. The first-order valence-corrected chi connectivity index (χ1v) is 10.2. The zero-order valence-corrected chi connectivity index (χ0v) is 18.8. The smallest absolute Gasteiger partial charge is 0.323 e. The van der Waals surface area contributed by atoms with Crippen molar-refractivity contribution in [1.29, 1.82) is 0 Å². The normalized spacial score (nSPS) is 10.5. The van der Waals surface area contributed by atoms with E-state index in [1.54, 1.807) is 35.0 Å². The molecule has 2 aromatic rings. The van der Waals surface area contributed by atoms with Gasteiger partial charge in [-0.05, 0) is 44.2 Å². The van der Waals surface area contributed by atoms with Crippen LogP contribution in [0.5, 0.6) is 5.75 Å². The number of rotatable bonds is 10. The summed E-state index contributed by atoms with van der Waals surface area (Å²) in [5, 5.41) is 14.4. The van der Waals surface area contributed by atoms with Gasteiger partial charge in [0.15, 0.2) is 0 Å². The fourth-order valence-electron chi connectivity index (χ4n) is 3.22. The SMILES string of the molecule is COc1cc(N(CCCN(C)CC(=O)O)C(C)=O)ccc1NC(=O)Nc1ccccc1C. The van der Waals surface area contributed by atoms with Crippen molar-refractivity contribution in [3.05, 3.63) is 48.0 Å². The average molecular weight is 443 g/mol. The molecule has 0 bridgehead atoms. The van der Waals surface area contributed by atoms with Crippen molar-refractivity contribution in [2.24, 2.45) is 0 Å². The number of carboxylic acid groups (broad SMARTS) is 1. The van der Waals surface area contributed by atoms with Gasteiger partial charge in [-0.2, -0.15) is 0 Å². The molecule has 0 radical (unpaired) electrons. The molecule has 2 aromatic carbocycles. The van der Waals surface area contributed by atoms with Gasteiger partial charge in [-0.15, -0.1) is 0 Å². The molecule has 32 heavy (non-hydrogen) atoms. The van der Waals surface area contributed by atoms with Crippen molar-refractivity contribution in [1.82, 2.24) is 4.90 Å². The van der Waals surface area contributed by atoms with Crippen LogP contribution >= 0.6 is 0 Å². The standard InChI is InChI=1S/C23H30N4O5/c1-16-8-5-6-9-19(16)24-23(31)25-20-11-10-18(14-21(20)32-4)27(17(2)28)13-7-12-26(3)15-22(29)30/h5-6,8-11,14H,7,12-13,15H2,1-4H3,(H,29,30)(H2,24,25,31). The third-order valence-corrected chi connectivity index (χ3v) is 4.85. The van der Waals surface area contributed by atoms with Crippen LogP contribution < -0.4 is 20.3 Å². The van der Waals surface area contributed by atoms with Crippen molar-refractivity contribution >= 4 is 35.0 Å². The number of hydrogen-bond donors (Lipinski definition) is 3. The van der Waals surface area contributed by atoms with Gasteiger partial charge in [-0.1, -0.05) is 18.2 Å². The Morgan fingerprint density at radius 2 is 1.72 bits per heavy atom. The number of amides is 3. The lowest BCUT2D eigenvalue weighted by Crippen LogP contribution is -2.33. The molecule has 0 spiro atoms. The van der Waals surface area contributed by atoms with Gasteiger partial charge in [0, 0.05) is 37.5 Å². The fraction of sp³-hybridized carbons (Fsp3) is 0.348. The van der Waals surface area contributed by atoms with Gasteiger partial charge < -0.3 is 25.4 Å². The van der Waals surface area contributed by atoms with Gasteiger partial charge in [0.2, 0.25) is 5.91 Å². The minimum Gasteiger partial charge on any atom is -0.494 e. The van der Waals surface area contributed by atoms with E-state index in [1.165, 1.54) is 14.0 Å². The molecule has 0 aliphatic carbocycles. The summed E-state index contributed by atoms with van der Waals surface area (Å²) in [6, 6.07) is 12.1. The van der Waals surface area contributed by atoms with Crippen LogP contribution in [0.1, 0.15) is 18.9 Å². The number of methoxy groups -OCH3 is 1. The Morgan fingerprint density at radius 1 is 1.03 bits per heavy atom. The maximum atomic E-state index is 12.4. The van der Waals surface area contributed by atoms with Gasteiger partial charge in [0.25, 0.3) is 0 Å². The van der Waals surface area contributed by atoms with Crippen LogP contribution in [0.25, 0.3) is 0 Å². The second kappa shape index (κ2) is 11.7. The summed E-state index contributed by atoms with van der Waals surface area (Å²) < 4.78 is 5.42. The first-order valence-electron chi connectivity index (χ1n) is 10.2. The number of likely N-dealkylation sites (N-methyl/N-ethyl adjacent to an activating group) is 1. The number of para-hydroxylation sites is 1. The minimum atomic E-state index is -0.893. The van der Waals surface area contributed by atoms with Crippen LogP contribution in [-0.2, 0) is 9.59 Å². The van der Waals surface area contributed by atoms with Gasteiger partial charge in [0.1, 0.15) is 5.75 Å². The molecule has 0 unspecified atom stereocenters. The molecule has 0 fully saturated rings. The van der Waals surface area contributed by atoms with Crippen LogP contribution in [0.3, 0.4) is 0 Å². The van der Waals surface area contributed by atoms with E-state index in [1.807, 2.05) is 31.2 Å². The van der Waals surface area contributed by atoms with Crippen LogP contribution in [-0.4, -0.2) is 61.7 Å². The number of carbonyl (C=O) groups is 3. The Labute approximate surface area is 188 Å². The van der Waals surface area contributed by atoms with Gasteiger partial charge in [-0.25, -0.2) is 4.79 Å². The third-order valence-electron chi connectivity index (χ3n) is 4.85. The number of anilines is 3. The lowest BCUT2D eigenvalue weighted by Gasteiger charge is -2.24. The highest BCUT2D eigenvalue weighted by atomic mass is 16.5. The van der Waals surface area contributed by atoms with Crippen molar-refractivity contribution in [3.8, 4) is 5.75 Å². The molecule has 9 nitrogen and oxygen atoms in total. The Balaban J connectivity index is 2.07. The molecule has 0 atom stereocenters. The summed E-state index contributed by atoms with van der Waals surface area (Å²) in [6.45, 7) is 4.27. The van der Waals surface area contributed by atoms with Gasteiger partial charge >= 0.3 is 12.0 Å². The van der Waals surface area contributed by atoms with E-state index in [2.05, 4.69) is 10.6 Å². The van der Waals surface area contributed by atoms with Crippen LogP contribution in [0.15, 0.2) is 42.5 Å². The lowest BCUT2D eigenvalue weighted by molar-refractivity contribution is -0.138. The second-order valence-electron chi connectivity index (χ2n) is 7.43. The van der Waals surface area contributed by atoms with Crippen molar-refractivity contribution in [3.63, 3.8) is 0 Å². The Bertz CT molecular complexity index is 963. The molecule has 0 heterocycles. The molecule has 3 amide bonds. The zero-order chi connectivity index (χ0) is 23.7. The molecule has 0 saturated heterocycles. The summed E-state index contributed by atoms with van der Waals surface area (Å²) in [4.78, 5) is 38.7. The minimum absolute atomic E-state index is 0.0567. The monoisotopic (exact) mass is 442 g/mol. The number of carboxylic acids is 1. The third kappa shape index (κ3) is 7.28. The molecular formula is C23H30N4O5. The lowest BCUT2D eigenvalue weighted by atomic mass is 10.2. The Kier molecular flexibility index (Phi) is 9.03. The highest BCUT2D eigenvalue weighted by molar-refractivity contribution is 6.01. The van der Waals surface area contributed by atoms with Crippen LogP contribution in [0.2, 0.25) is 0 Å². The summed E-state index contributed by atoms with van der Waals surface area (Å²) >= 11 is 0.